The van der Waals surface area contributed by atoms with Gasteiger partial charge in [-0.25, -0.2) is 0 Å². The molecule has 0 amide bonds. The summed E-state index contributed by atoms with van der Waals surface area (Å²) in [6.07, 6.45) is 4.01. The van der Waals surface area contributed by atoms with Gasteiger partial charge in [0, 0.05) is 17.1 Å². The van der Waals surface area contributed by atoms with Gasteiger partial charge in [0.15, 0.2) is 0 Å². The fourth-order valence-corrected chi connectivity index (χ4v) is 1.78. The molecule has 1 N–H and O–H groups in total. The van der Waals surface area contributed by atoms with Crippen LogP contribution in [0.15, 0.2) is 17.2 Å². The molecule has 0 saturated carbocycles. The fourth-order valence-electron chi connectivity index (χ4n) is 1.15. The van der Waals surface area contributed by atoms with Crippen LogP contribution in [-0.4, -0.2) is 17.8 Å². The fraction of sp³-hybridized carbons (Fsp3) is 0.545. The van der Waals surface area contributed by atoms with Crippen molar-refractivity contribution < 1.29 is 0 Å². The largest absolute Gasteiger partial charge is 0.383 e. The second-order valence-electron chi connectivity index (χ2n) is 3.80. The first-order valence-electron chi connectivity index (χ1n) is 4.88. The minimum absolute atomic E-state index is 0.658. The van der Waals surface area contributed by atoms with E-state index in [0.717, 1.165) is 17.9 Å². The number of anilines is 1. The van der Waals surface area contributed by atoms with Gasteiger partial charge < -0.3 is 5.32 Å². The molecule has 1 aromatic heterocycles. The standard InChI is InChI=1S/C11H18N2S/c1-8(2)6-13-10-7-12-9(3)5-11(10)14-4/h5,7-8,13H,6H2,1-4H3. The van der Waals surface area contributed by atoms with Gasteiger partial charge in [0.2, 0.25) is 0 Å². The van der Waals surface area contributed by atoms with Gasteiger partial charge in [-0.1, -0.05) is 13.8 Å². The molecule has 78 valence electrons. The van der Waals surface area contributed by atoms with E-state index < -0.39 is 0 Å². The van der Waals surface area contributed by atoms with Gasteiger partial charge in [-0.3, -0.25) is 4.98 Å². The van der Waals surface area contributed by atoms with Crippen molar-refractivity contribution in [3.8, 4) is 0 Å². The lowest BCUT2D eigenvalue weighted by molar-refractivity contribution is 0.687. The van der Waals surface area contributed by atoms with Gasteiger partial charge in [0.25, 0.3) is 0 Å². The third-order valence-corrected chi connectivity index (χ3v) is 2.70. The molecule has 1 rings (SSSR count). The molecule has 0 aliphatic heterocycles. The minimum Gasteiger partial charge on any atom is -0.383 e. The van der Waals surface area contributed by atoms with E-state index in [4.69, 9.17) is 0 Å². The molecule has 2 nitrogen and oxygen atoms in total. The molecule has 0 saturated heterocycles. The molecule has 0 unspecified atom stereocenters. The van der Waals surface area contributed by atoms with Crippen molar-refractivity contribution in [1.29, 1.82) is 0 Å². The number of thioether (sulfide) groups is 1. The topological polar surface area (TPSA) is 24.9 Å². The van der Waals surface area contributed by atoms with Crippen LogP contribution in [0.3, 0.4) is 0 Å². The summed E-state index contributed by atoms with van der Waals surface area (Å²) in [4.78, 5) is 5.57. The van der Waals surface area contributed by atoms with Crippen molar-refractivity contribution in [3.05, 3.63) is 18.0 Å². The third kappa shape index (κ3) is 3.22. The van der Waals surface area contributed by atoms with E-state index in [-0.39, 0.29) is 0 Å². The molecular formula is C11H18N2S. The van der Waals surface area contributed by atoms with Gasteiger partial charge >= 0.3 is 0 Å². The van der Waals surface area contributed by atoms with E-state index in [1.54, 1.807) is 11.8 Å². The number of aromatic nitrogens is 1. The highest BCUT2D eigenvalue weighted by atomic mass is 32.2. The molecule has 0 bridgehead atoms. The minimum atomic E-state index is 0.658. The van der Waals surface area contributed by atoms with Crippen molar-refractivity contribution in [3.63, 3.8) is 0 Å². The Labute approximate surface area is 90.5 Å². The lowest BCUT2D eigenvalue weighted by Crippen LogP contribution is -2.09. The molecule has 3 heteroatoms. The number of nitrogens with zero attached hydrogens (tertiary/aromatic N) is 1. The third-order valence-electron chi connectivity index (χ3n) is 1.92. The second-order valence-corrected chi connectivity index (χ2v) is 4.65. The SMILES string of the molecule is CSc1cc(C)ncc1NCC(C)C. The lowest BCUT2D eigenvalue weighted by atomic mass is 10.2. The summed E-state index contributed by atoms with van der Waals surface area (Å²) in [7, 11) is 0. The van der Waals surface area contributed by atoms with Crippen LogP contribution in [0.25, 0.3) is 0 Å². The Morgan fingerprint density at radius 1 is 1.50 bits per heavy atom. The van der Waals surface area contributed by atoms with Crippen molar-refractivity contribution in [2.24, 2.45) is 5.92 Å². The van der Waals surface area contributed by atoms with Crippen LogP contribution in [-0.2, 0) is 0 Å². The van der Waals surface area contributed by atoms with Crippen LogP contribution >= 0.6 is 11.8 Å². The van der Waals surface area contributed by atoms with E-state index in [2.05, 4.69) is 36.5 Å². The van der Waals surface area contributed by atoms with Gasteiger partial charge in [-0.2, -0.15) is 0 Å². The molecule has 0 spiro atoms. The number of hydrogen-bond acceptors (Lipinski definition) is 3. The summed E-state index contributed by atoms with van der Waals surface area (Å²) in [6, 6.07) is 2.12. The predicted octanol–water partition coefficient (Wildman–Crippen LogP) is 3.18. The van der Waals surface area contributed by atoms with Gasteiger partial charge in [0.1, 0.15) is 0 Å². The van der Waals surface area contributed by atoms with Crippen LogP contribution in [0.2, 0.25) is 0 Å². The first-order chi connectivity index (χ1) is 6.63. The molecule has 1 aromatic rings. The average Bonchev–Trinajstić information content (AvgIpc) is 2.15. The second kappa shape index (κ2) is 5.25. The Bertz CT molecular complexity index is 297. The van der Waals surface area contributed by atoms with Gasteiger partial charge in [0.05, 0.1) is 11.9 Å². The van der Waals surface area contributed by atoms with Crippen LogP contribution in [0, 0.1) is 12.8 Å². The van der Waals surface area contributed by atoms with Crippen molar-refractivity contribution in [2.45, 2.75) is 25.7 Å². The summed E-state index contributed by atoms with van der Waals surface area (Å²) in [6.45, 7) is 7.42. The molecule has 0 aromatic carbocycles. The van der Waals surface area contributed by atoms with Crippen LogP contribution < -0.4 is 5.32 Å². The van der Waals surface area contributed by atoms with Crippen molar-refractivity contribution >= 4 is 17.4 Å². The van der Waals surface area contributed by atoms with Gasteiger partial charge in [-0.15, -0.1) is 11.8 Å². The zero-order valence-corrected chi connectivity index (χ0v) is 10.1. The number of rotatable bonds is 4. The monoisotopic (exact) mass is 210 g/mol. The summed E-state index contributed by atoms with van der Waals surface area (Å²) in [5.74, 6) is 0.658. The Hall–Kier alpha value is -0.700. The van der Waals surface area contributed by atoms with Crippen molar-refractivity contribution in [1.82, 2.24) is 4.98 Å². The smallest absolute Gasteiger partial charge is 0.0665 e. The highest BCUT2D eigenvalue weighted by Crippen LogP contribution is 2.24. The number of hydrogen-bond donors (Lipinski definition) is 1. The van der Waals surface area contributed by atoms with Crippen LogP contribution in [0.5, 0.6) is 0 Å². The Morgan fingerprint density at radius 2 is 2.21 bits per heavy atom. The molecule has 0 atom stereocenters. The molecule has 0 aliphatic rings. The van der Waals surface area contributed by atoms with Crippen LogP contribution in [0.4, 0.5) is 5.69 Å². The molecular weight excluding hydrogens is 192 g/mol. The average molecular weight is 210 g/mol. The molecule has 0 fully saturated rings. The molecule has 0 aliphatic carbocycles. The maximum absolute atomic E-state index is 4.29. The number of nitrogens with one attached hydrogen (secondary N) is 1. The quantitative estimate of drug-likeness (QED) is 0.773. The Balaban J connectivity index is 2.75. The summed E-state index contributed by atoms with van der Waals surface area (Å²) < 4.78 is 0. The number of pyridine rings is 1. The Kier molecular flexibility index (Phi) is 4.26. The van der Waals surface area contributed by atoms with E-state index in [1.165, 1.54) is 4.90 Å². The van der Waals surface area contributed by atoms with Gasteiger partial charge in [-0.05, 0) is 25.2 Å². The summed E-state index contributed by atoms with van der Waals surface area (Å²) in [5, 5.41) is 3.41. The van der Waals surface area contributed by atoms with E-state index >= 15 is 0 Å². The molecule has 1 heterocycles. The summed E-state index contributed by atoms with van der Waals surface area (Å²) in [5.41, 5.74) is 2.22. The van der Waals surface area contributed by atoms with E-state index in [1.807, 2.05) is 13.1 Å². The highest BCUT2D eigenvalue weighted by molar-refractivity contribution is 7.98. The van der Waals surface area contributed by atoms with E-state index in [0.29, 0.717) is 5.92 Å². The van der Waals surface area contributed by atoms with E-state index in [9.17, 15) is 0 Å². The van der Waals surface area contributed by atoms with Crippen LogP contribution in [0.1, 0.15) is 19.5 Å². The number of aryl methyl sites for hydroxylation is 1. The Morgan fingerprint density at radius 3 is 2.79 bits per heavy atom. The maximum Gasteiger partial charge on any atom is 0.0665 e. The zero-order valence-electron chi connectivity index (χ0n) is 9.29. The zero-order chi connectivity index (χ0) is 10.6. The first-order valence-corrected chi connectivity index (χ1v) is 6.10. The lowest BCUT2D eigenvalue weighted by Gasteiger charge is -2.12. The van der Waals surface area contributed by atoms with Crippen molar-refractivity contribution in [2.75, 3.05) is 18.1 Å². The molecule has 0 radical (unpaired) electrons. The normalized spacial score (nSPS) is 10.6. The summed E-state index contributed by atoms with van der Waals surface area (Å²) >= 11 is 1.76. The first kappa shape index (κ1) is 11.4. The maximum atomic E-state index is 4.29. The highest BCUT2D eigenvalue weighted by Gasteiger charge is 2.02. The molecule has 14 heavy (non-hydrogen) atoms. The predicted molar refractivity (Wildman–Crippen MR) is 64.1 cm³/mol.